The molecule has 1 amide bonds. The molecule has 0 N–H and O–H groups in total. The fourth-order valence-electron chi connectivity index (χ4n) is 2.89. The molecule has 1 aliphatic rings. The fourth-order valence-corrected chi connectivity index (χ4v) is 4.50. The SMILES string of the molecule is O=C(CCn1ccnc1)N1c2ccccc2[S+]([O-])c2cc(Cl)ccc21. The zero-order chi connectivity index (χ0) is 17.4. The van der Waals surface area contributed by atoms with E-state index in [4.69, 9.17) is 11.6 Å². The Labute approximate surface area is 153 Å². The number of hydrogen-bond donors (Lipinski definition) is 0. The lowest BCUT2D eigenvalue weighted by Crippen LogP contribution is -2.32. The van der Waals surface area contributed by atoms with Gasteiger partial charge < -0.3 is 9.12 Å². The Balaban J connectivity index is 1.74. The number of imidazole rings is 1. The van der Waals surface area contributed by atoms with Crippen molar-refractivity contribution in [3.05, 3.63) is 66.2 Å². The van der Waals surface area contributed by atoms with Crippen molar-refractivity contribution in [2.45, 2.75) is 22.8 Å². The molecule has 126 valence electrons. The average Bonchev–Trinajstić information content (AvgIpc) is 3.14. The zero-order valence-corrected chi connectivity index (χ0v) is 14.7. The monoisotopic (exact) mass is 371 g/mol. The van der Waals surface area contributed by atoms with Crippen LogP contribution in [0.15, 0.2) is 71.0 Å². The highest BCUT2D eigenvalue weighted by molar-refractivity contribution is 7.92. The Kier molecular flexibility index (Phi) is 4.25. The van der Waals surface area contributed by atoms with Gasteiger partial charge in [0.25, 0.3) is 0 Å². The maximum absolute atomic E-state index is 13.0. The number of aryl methyl sites for hydroxylation is 1. The Morgan fingerprint density at radius 1 is 1.16 bits per heavy atom. The number of anilines is 2. The molecule has 2 heterocycles. The van der Waals surface area contributed by atoms with E-state index in [9.17, 15) is 9.35 Å². The number of aromatic nitrogens is 2. The van der Waals surface area contributed by atoms with Gasteiger partial charge in [-0.05, 0) is 24.3 Å². The number of amides is 1. The van der Waals surface area contributed by atoms with E-state index in [1.165, 1.54) is 0 Å². The van der Waals surface area contributed by atoms with Crippen LogP contribution in [0.4, 0.5) is 11.4 Å². The van der Waals surface area contributed by atoms with E-state index in [1.54, 1.807) is 41.7 Å². The quantitative estimate of drug-likeness (QED) is 0.658. The number of carbonyl (C=O) groups is 1. The fraction of sp³-hybridized carbons (Fsp3) is 0.111. The summed E-state index contributed by atoms with van der Waals surface area (Å²) < 4.78 is 14.7. The van der Waals surface area contributed by atoms with Crippen LogP contribution >= 0.6 is 11.6 Å². The second-order valence-corrected chi connectivity index (χ2v) is 7.48. The smallest absolute Gasteiger partial charge is 0.233 e. The van der Waals surface area contributed by atoms with E-state index in [0.717, 1.165) is 0 Å². The molecular formula is C18H14ClN3O2S. The summed E-state index contributed by atoms with van der Waals surface area (Å²) >= 11 is 4.71. The van der Waals surface area contributed by atoms with E-state index in [-0.39, 0.29) is 5.91 Å². The number of fused-ring (bicyclic) bond motifs is 2. The van der Waals surface area contributed by atoms with Crippen molar-refractivity contribution in [2.75, 3.05) is 4.90 Å². The van der Waals surface area contributed by atoms with Crippen LogP contribution in [0.25, 0.3) is 0 Å². The first-order chi connectivity index (χ1) is 12.1. The van der Waals surface area contributed by atoms with Crippen molar-refractivity contribution in [3.63, 3.8) is 0 Å². The Morgan fingerprint density at radius 2 is 1.96 bits per heavy atom. The predicted octanol–water partition coefficient (Wildman–Crippen LogP) is 3.77. The molecule has 0 bridgehead atoms. The van der Waals surface area contributed by atoms with Crippen LogP contribution < -0.4 is 4.90 Å². The number of halogens is 1. The van der Waals surface area contributed by atoms with Gasteiger partial charge in [0.1, 0.15) is 11.4 Å². The van der Waals surface area contributed by atoms with Crippen LogP contribution in [0.5, 0.6) is 0 Å². The summed E-state index contributed by atoms with van der Waals surface area (Å²) in [6.45, 7) is 0.531. The topological polar surface area (TPSA) is 61.2 Å². The number of benzene rings is 2. The van der Waals surface area contributed by atoms with Crippen LogP contribution in [-0.2, 0) is 22.5 Å². The van der Waals surface area contributed by atoms with Gasteiger partial charge in [-0.1, -0.05) is 23.7 Å². The summed E-state index contributed by atoms with van der Waals surface area (Å²) in [5.74, 6) is -0.0681. The maximum atomic E-state index is 13.0. The molecule has 0 saturated heterocycles. The molecule has 1 aromatic heterocycles. The number of carbonyl (C=O) groups excluding carboxylic acids is 1. The normalized spacial score (nSPS) is 15.6. The molecule has 1 aliphatic heterocycles. The summed E-state index contributed by atoms with van der Waals surface area (Å²) in [6, 6.07) is 12.4. The molecule has 2 aromatic carbocycles. The molecule has 0 aliphatic carbocycles. The van der Waals surface area contributed by atoms with Crippen LogP contribution in [0, 0.1) is 0 Å². The second-order valence-electron chi connectivity index (χ2n) is 5.63. The van der Waals surface area contributed by atoms with Crippen LogP contribution in [0.2, 0.25) is 5.02 Å². The minimum atomic E-state index is -1.36. The highest BCUT2D eigenvalue weighted by Gasteiger charge is 2.36. The summed E-state index contributed by atoms with van der Waals surface area (Å²) in [4.78, 5) is 19.8. The number of nitrogens with zero attached hydrogens (tertiary/aromatic N) is 3. The van der Waals surface area contributed by atoms with Gasteiger partial charge in [-0.15, -0.1) is 0 Å². The molecule has 25 heavy (non-hydrogen) atoms. The van der Waals surface area contributed by atoms with Crippen LogP contribution in [0.3, 0.4) is 0 Å². The standard InChI is InChI=1S/C18H14ClN3O2S/c19-13-5-6-15-17(11-13)25(24)16-4-2-1-3-14(16)22(15)18(23)7-9-21-10-8-20-12-21/h1-6,8,10-12H,7,9H2. The van der Waals surface area contributed by atoms with Gasteiger partial charge in [-0.2, -0.15) is 0 Å². The van der Waals surface area contributed by atoms with Gasteiger partial charge in [0.05, 0.1) is 6.33 Å². The molecule has 4 rings (SSSR count). The van der Waals surface area contributed by atoms with E-state index < -0.39 is 11.2 Å². The van der Waals surface area contributed by atoms with Crippen molar-refractivity contribution >= 4 is 40.1 Å². The molecule has 5 nitrogen and oxygen atoms in total. The van der Waals surface area contributed by atoms with Gasteiger partial charge in [0.15, 0.2) is 9.79 Å². The third-order valence-corrected chi connectivity index (χ3v) is 5.77. The molecule has 1 unspecified atom stereocenters. The molecule has 7 heteroatoms. The van der Waals surface area contributed by atoms with Crippen LogP contribution in [0.1, 0.15) is 6.42 Å². The number of rotatable bonds is 3. The van der Waals surface area contributed by atoms with Crippen LogP contribution in [-0.4, -0.2) is 20.0 Å². The molecule has 0 spiro atoms. The summed E-state index contributed by atoms with van der Waals surface area (Å²) in [5.41, 5.74) is 1.28. The first-order valence-corrected chi connectivity index (χ1v) is 9.27. The minimum Gasteiger partial charge on any atom is -0.606 e. The zero-order valence-electron chi connectivity index (χ0n) is 13.1. The third-order valence-electron chi connectivity index (χ3n) is 4.06. The van der Waals surface area contributed by atoms with Crippen molar-refractivity contribution in [1.82, 2.24) is 9.55 Å². The second kappa shape index (κ2) is 6.55. The molecule has 1 atom stereocenters. The van der Waals surface area contributed by atoms with Crippen molar-refractivity contribution in [3.8, 4) is 0 Å². The average molecular weight is 372 g/mol. The molecule has 0 saturated carbocycles. The maximum Gasteiger partial charge on any atom is 0.233 e. The van der Waals surface area contributed by atoms with Gasteiger partial charge in [0, 0.05) is 47.6 Å². The lowest BCUT2D eigenvalue weighted by atomic mass is 10.2. The van der Waals surface area contributed by atoms with E-state index in [1.807, 2.05) is 29.0 Å². The van der Waals surface area contributed by atoms with Gasteiger partial charge in [-0.25, -0.2) is 4.98 Å². The molecular weight excluding hydrogens is 358 g/mol. The first kappa shape index (κ1) is 16.2. The Morgan fingerprint density at radius 3 is 2.76 bits per heavy atom. The van der Waals surface area contributed by atoms with Crippen molar-refractivity contribution in [2.24, 2.45) is 0 Å². The first-order valence-electron chi connectivity index (χ1n) is 7.74. The highest BCUT2D eigenvalue weighted by Crippen LogP contribution is 2.45. The van der Waals surface area contributed by atoms with Gasteiger partial charge in [0.2, 0.25) is 5.91 Å². The van der Waals surface area contributed by atoms with E-state index >= 15 is 0 Å². The third kappa shape index (κ3) is 2.93. The summed E-state index contributed by atoms with van der Waals surface area (Å²) in [6.07, 6.45) is 5.49. The Hall–Kier alpha value is -2.28. The lowest BCUT2D eigenvalue weighted by molar-refractivity contribution is -0.118. The predicted molar refractivity (Wildman–Crippen MR) is 96.6 cm³/mol. The summed E-state index contributed by atoms with van der Waals surface area (Å²) in [7, 11) is 0. The number of para-hydroxylation sites is 1. The number of hydrogen-bond acceptors (Lipinski definition) is 3. The molecule has 0 radical (unpaired) electrons. The molecule has 0 fully saturated rings. The van der Waals surface area contributed by atoms with E-state index in [0.29, 0.717) is 39.2 Å². The van der Waals surface area contributed by atoms with E-state index in [2.05, 4.69) is 4.98 Å². The van der Waals surface area contributed by atoms with Crippen molar-refractivity contribution in [1.29, 1.82) is 0 Å². The summed E-state index contributed by atoms with van der Waals surface area (Å²) in [5, 5.41) is 0.497. The Bertz CT molecular complexity index is 930. The van der Waals surface area contributed by atoms with Gasteiger partial charge in [-0.3, -0.25) is 9.69 Å². The van der Waals surface area contributed by atoms with Crippen molar-refractivity contribution < 1.29 is 9.35 Å². The minimum absolute atomic E-state index is 0.0681. The highest BCUT2D eigenvalue weighted by atomic mass is 35.5. The molecule has 3 aromatic rings. The van der Waals surface area contributed by atoms with Gasteiger partial charge >= 0.3 is 0 Å². The lowest BCUT2D eigenvalue weighted by Gasteiger charge is -2.31. The largest absolute Gasteiger partial charge is 0.606 e.